The fourth-order valence-corrected chi connectivity index (χ4v) is 1.69. The van der Waals surface area contributed by atoms with Gasteiger partial charge in [0.05, 0.1) is 11.8 Å². The Kier molecular flexibility index (Phi) is 3.66. The van der Waals surface area contributed by atoms with Gasteiger partial charge in [0, 0.05) is 5.02 Å². The van der Waals surface area contributed by atoms with Gasteiger partial charge < -0.3 is 14.9 Å². The number of halogens is 1. The van der Waals surface area contributed by atoms with E-state index >= 15 is 0 Å². The molecular weight excluding hydrogens is 258 g/mol. The number of rotatable bonds is 4. The second kappa shape index (κ2) is 5.21. The summed E-state index contributed by atoms with van der Waals surface area (Å²) < 4.78 is 10.7. The van der Waals surface area contributed by atoms with E-state index in [0.29, 0.717) is 22.9 Å². The molecule has 17 heavy (non-hydrogen) atoms. The molecule has 0 amide bonds. The highest BCUT2D eigenvalue weighted by Gasteiger charge is 2.08. The Morgan fingerprint density at radius 2 is 2.24 bits per heavy atom. The van der Waals surface area contributed by atoms with E-state index < -0.39 is 0 Å². The molecule has 2 rings (SSSR count). The summed E-state index contributed by atoms with van der Waals surface area (Å²) in [5.74, 6) is 1.28. The lowest BCUT2D eigenvalue weighted by Crippen LogP contribution is -2.11. The first-order chi connectivity index (χ1) is 8.16. The van der Waals surface area contributed by atoms with Crippen LogP contribution in [0.5, 0.6) is 5.75 Å². The third kappa shape index (κ3) is 2.99. The Labute approximate surface area is 109 Å². The molecule has 0 unspecified atom stereocenters. The lowest BCUT2D eigenvalue weighted by Gasteiger charge is -2.09. The highest BCUT2D eigenvalue weighted by atomic mass is 35.5. The van der Waals surface area contributed by atoms with Crippen LogP contribution in [0.25, 0.3) is 0 Å². The quantitative estimate of drug-likeness (QED) is 0.865. The minimum atomic E-state index is 0.274. The number of hydrogen-bond donors (Lipinski definition) is 1. The summed E-state index contributed by atoms with van der Waals surface area (Å²) >= 11 is 10.8. The summed E-state index contributed by atoms with van der Waals surface area (Å²) in [6, 6.07) is 8.76. The molecule has 2 aromatic rings. The predicted octanol–water partition coefficient (Wildman–Crippen LogP) is 3.15. The van der Waals surface area contributed by atoms with Crippen LogP contribution in [-0.4, -0.2) is 4.99 Å². The number of nitrogens with two attached hydrogens (primary N) is 1. The van der Waals surface area contributed by atoms with E-state index in [-0.39, 0.29) is 4.99 Å². The van der Waals surface area contributed by atoms with Crippen molar-refractivity contribution < 1.29 is 9.15 Å². The van der Waals surface area contributed by atoms with Crippen LogP contribution in [0, 0.1) is 0 Å². The molecule has 0 aliphatic carbocycles. The minimum Gasteiger partial charge on any atom is -0.485 e. The molecule has 1 aromatic carbocycles. The van der Waals surface area contributed by atoms with Crippen molar-refractivity contribution >= 4 is 28.8 Å². The molecule has 1 heterocycles. The molecule has 0 saturated carbocycles. The molecule has 0 bridgehead atoms. The van der Waals surface area contributed by atoms with E-state index in [1.807, 2.05) is 6.07 Å². The van der Waals surface area contributed by atoms with Crippen LogP contribution in [0.2, 0.25) is 5.02 Å². The number of furan rings is 1. The minimum absolute atomic E-state index is 0.274. The number of thiocarbonyl (C=S) groups is 1. The summed E-state index contributed by atoms with van der Waals surface area (Å²) in [4.78, 5) is 0.274. The molecule has 0 radical (unpaired) electrons. The van der Waals surface area contributed by atoms with Gasteiger partial charge in [-0.1, -0.05) is 23.8 Å². The average Bonchev–Trinajstić information content (AvgIpc) is 2.78. The van der Waals surface area contributed by atoms with Crippen LogP contribution < -0.4 is 10.5 Å². The zero-order valence-electron chi connectivity index (χ0n) is 8.85. The van der Waals surface area contributed by atoms with E-state index in [9.17, 15) is 0 Å². The Morgan fingerprint density at radius 1 is 1.41 bits per heavy atom. The normalized spacial score (nSPS) is 10.2. The maximum absolute atomic E-state index is 5.89. The Morgan fingerprint density at radius 3 is 2.88 bits per heavy atom. The molecule has 1 aromatic heterocycles. The van der Waals surface area contributed by atoms with Gasteiger partial charge in [0.25, 0.3) is 0 Å². The molecule has 5 heteroatoms. The van der Waals surface area contributed by atoms with E-state index in [1.54, 1.807) is 30.5 Å². The molecule has 0 fully saturated rings. The predicted molar refractivity (Wildman–Crippen MR) is 70.4 cm³/mol. The molecular formula is C12H10ClNO2S. The number of hydrogen-bond acceptors (Lipinski definition) is 3. The van der Waals surface area contributed by atoms with Gasteiger partial charge in [0.2, 0.25) is 0 Å². The first-order valence-corrected chi connectivity index (χ1v) is 5.70. The van der Waals surface area contributed by atoms with Gasteiger partial charge >= 0.3 is 0 Å². The van der Waals surface area contributed by atoms with Crippen molar-refractivity contribution in [3.63, 3.8) is 0 Å². The van der Waals surface area contributed by atoms with E-state index in [1.165, 1.54) is 0 Å². The van der Waals surface area contributed by atoms with Gasteiger partial charge in [-0.25, -0.2) is 0 Å². The Bertz CT molecular complexity index is 525. The van der Waals surface area contributed by atoms with Gasteiger partial charge in [-0.3, -0.25) is 0 Å². The largest absolute Gasteiger partial charge is 0.485 e. The number of ether oxygens (including phenoxy) is 1. The third-order valence-corrected chi connectivity index (χ3v) is 2.61. The maximum atomic E-state index is 5.89. The van der Waals surface area contributed by atoms with Gasteiger partial charge in [0.1, 0.15) is 23.1 Å². The van der Waals surface area contributed by atoms with Crippen LogP contribution in [-0.2, 0) is 6.61 Å². The third-order valence-electron chi connectivity index (χ3n) is 2.16. The maximum Gasteiger partial charge on any atom is 0.146 e. The van der Waals surface area contributed by atoms with Crippen molar-refractivity contribution in [3.05, 3.63) is 52.9 Å². The van der Waals surface area contributed by atoms with Gasteiger partial charge in [-0.15, -0.1) is 0 Å². The number of benzene rings is 1. The summed E-state index contributed by atoms with van der Waals surface area (Å²) in [6.45, 7) is 0.308. The summed E-state index contributed by atoms with van der Waals surface area (Å²) in [5.41, 5.74) is 6.26. The van der Waals surface area contributed by atoms with Crippen LogP contribution in [0.4, 0.5) is 0 Å². The Hall–Kier alpha value is -1.52. The molecule has 0 spiro atoms. The first-order valence-electron chi connectivity index (χ1n) is 4.91. The van der Waals surface area contributed by atoms with Crippen molar-refractivity contribution in [1.82, 2.24) is 0 Å². The second-order valence-corrected chi connectivity index (χ2v) is 4.25. The van der Waals surface area contributed by atoms with Crippen LogP contribution in [0.3, 0.4) is 0 Å². The van der Waals surface area contributed by atoms with Crippen molar-refractivity contribution in [1.29, 1.82) is 0 Å². The van der Waals surface area contributed by atoms with Crippen LogP contribution >= 0.6 is 23.8 Å². The van der Waals surface area contributed by atoms with Crippen molar-refractivity contribution in [2.24, 2.45) is 5.73 Å². The van der Waals surface area contributed by atoms with Crippen LogP contribution in [0.1, 0.15) is 11.3 Å². The van der Waals surface area contributed by atoms with Gasteiger partial charge in [-0.2, -0.15) is 0 Å². The van der Waals surface area contributed by atoms with Crippen molar-refractivity contribution in [2.75, 3.05) is 0 Å². The smallest absolute Gasteiger partial charge is 0.146 e. The van der Waals surface area contributed by atoms with Crippen molar-refractivity contribution in [3.8, 4) is 5.75 Å². The summed E-state index contributed by atoms with van der Waals surface area (Å²) in [6.07, 6.45) is 1.59. The Balaban J connectivity index is 2.19. The summed E-state index contributed by atoms with van der Waals surface area (Å²) in [7, 11) is 0. The zero-order chi connectivity index (χ0) is 12.3. The topological polar surface area (TPSA) is 48.4 Å². The van der Waals surface area contributed by atoms with E-state index in [2.05, 4.69) is 0 Å². The molecule has 0 aliphatic rings. The summed E-state index contributed by atoms with van der Waals surface area (Å²) in [5, 5.41) is 0.569. The molecule has 0 saturated heterocycles. The molecule has 88 valence electrons. The standard InChI is InChI=1S/C12H10ClNO2S/c13-8-3-4-10(12(14)17)11(6-8)16-7-9-2-1-5-15-9/h1-6H,7H2,(H2,14,17). The fourth-order valence-electron chi connectivity index (χ4n) is 1.36. The fraction of sp³-hybridized carbons (Fsp3) is 0.0833. The SMILES string of the molecule is NC(=S)c1ccc(Cl)cc1OCc1ccco1. The van der Waals surface area contributed by atoms with Crippen molar-refractivity contribution in [2.45, 2.75) is 6.61 Å². The lowest BCUT2D eigenvalue weighted by molar-refractivity contribution is 0.270. The highest BCUT2D eigenvalue weighted by Crippen LogP contribution is 2.24. The van der Waals surface area contributed by atoms with E-state index in [0.717, 1.165) is 5.76 Å². The van der Waals surface area contributed by atoms with Gasteiger partial charge in [0.15, 0.2) is 0 Å². The van der Waals surface area contributed by atoms with Gasteiger partial charge in [-0.05, 0) is 30.3 Å². The highest BCUT2D eigenvalue weighted by molar-refractivity contribution is 7.80. The van der Waals surface area contributed by atoms with Crippen LogP contribution in [0.15, 0.2) is 41.0 Å². The van der Waals surface area contributed by atoms with E-state index in [4.69, 9.17) is 38.7 Å². The second-order valence-electron chi connectivity index (χ2n) is 3.37. The molecule has 2 N–H and O–H groups in total. The zero-order valence-corrected chi connectivity index (χ0v) is 10.4. The molecule has 0 aliphatic heterocycles. The monoisotopic (exact) mass is 267 g/mol. The molecule has 0 atom stereocenters. The lowest BCUT2D eigenvalue weighted by atomic mass is 10.2. The average molecular weight is 268 g/mol. The molecule has 3 nitrogen and oxygen atoms in total. The first kappa shape index (κ1) is 12.0.